The minimum atomic E-state index is -4.07. The Balaban J connectivity index is 1.32. The van der Waals surface area contributed by atoms with Crippen LogP contribution in [0.4, 0.5) is 5.69 Å². The van der Waals surface area contributed by atoms with E-state index in [0.717, 1.165) is 0 Å². The number of ether oxygens (including phenoxy) is 2. The van der Waals surface area contributed by atoms with E-state index in [1.165, 1.54) is 40.9 Å². The number of carbonyl (C=O) groups excluding carboxylic acids is 1. The van der Waals surface area contributed by atoms with E-state index in [1.54, 1.807) is 24.3 Å². The molecule has 0 N–H and O–H groups in total. The van der Waals surface area contributed by atoms with Crippen molar-refractivity contribution in [1.82, 2.24) is 0 Å². The molecule has 3 aromatic rings. The van der Waals surface area contributed by atoms with Crippen LogP contribution in [0.1, 0.15) is 5.56 Å². The van der Waals surface area contributed by atoms with Crippen molar-refractivity contribution in [2.24, 2.45) is 0 Å². The van der Waals surface area contributed by atoms with Gasteiger partial charge in [0.2, 0.25) is 0 Å². The number of hydrogen-bond acceptors (Lipinski definition) is 8. The van der Waals surface area contributed by atoms with Gasteiger partial charge < -0.3 is 13.7 Å². The van der Waals surface area contributed by atoms with Gasteiger partial charge in [0.1, 0.15) is 23.9 Å². The molecule has 2 heterocycles. The largest absolute Gasteiger partial charge is 0.486 e. The molecule has 0 aliphatic carbocycles. The van der Waals surface area contributed by atoms with Crippen LogP contribution in [0.25, 0.3) is 6.08 Å². The molecule has 10 heteroatoms. The first-order chi connectivity index (χ1) is 16.4. The lowest BCUT2D eigenvalue weighted by molar-refractivity contribution is -0.113. The average molecular weight is 512 g/mol. The number of thioether (sulfide) groups is 1. The highest BCUT2D eigenvalue weighted by atomic mass is 32.2. The molecular formula is C24H17NO6S3. The number of fused-ring (bicyclic) bond motifs is 1. The second kappa shape index (κ2) is 9.13. The van der Waals surface area contributed by atoms with Crippen LogP contribution >= 0.6 is 24.0 Å². The molecule has 0 aromatic heterocycles. The monoisotopic (exact) mass is 511 g/mol. The number of thiocarbonyl (C=S) groups is 1. The maximum Gasteiger partial charge on any atom is 0.339 e. The summed E-state index contributed by atoms with van der Waals surface area (Å²) in [4.78, 5) is 14.8. The fourth-order valence-electron chi connectivity index (χ4n) is 3.39. The zero-order chi connectivity index (χ0) is 23.7. The van der Waals surface area contributed by atoms with E-state index in [4.69, 9.17) is 25.9 Å². The van der Waals surface area contributed by atoms with Crippen molar-refractivity contribution in [2.75, 3.05) is 18.1 Å². The number of benzene rings is 3. The van der Waals surface area contributed by atoms with Crippen molar-refractivity contribution in [3.05, 3.63) is 83.3 Å². The van der Waals surface area contributed by atoms with Gasteiger partial charge in [-0.25, -0.2) is 0 Å². The summed E-state index contributed by atoms with van der Waals surface area (Å²) in [5.74, 6) is 0.790. The zero-order valence-electron chi connectivity index (χ0n) is 17.5. The third-order valence-corrected chi connectivity index (χ3v) is 7.54. The van der Waals surface area contributed by atoms with Gasteiger partial charge in [-0.05, 0) is 48.0 Å². The molecule has 34 heavy (non-hydrogen) atoms. The highest BCUT2D eigenvalue weighted by molar-refractivity contribution is 8.27. The quantitative estimate of drug-likeness (QED) is 0.279. The van der Waals surface area contributed by atoms with E-state index in [0.29, 0.717) is 45.2 Å². The number of nitrogens with zero attached hydrogens (tertiary/aromatic N) is 1. The Morgan fingerprint density at radius 2 is 1.65 bits per heavy atom. The third-order valence-electron chi connectivity index (χ3n) is 4.99. The summed E-state index contributed by atoms with van der Waals surface area (Å²) in [6.07, 6.45) is 1.71. The smallest absolute Gasteiger partial charge is 0.339 e. The Morgan fingerprint density at radius 3 is 2.38 bits per heavy atom. The van der Waals surface area contributed by atoms with E-state index in [1.807, 2.05) is 30.3 Å². The van der Waals surface area contributed by atoms with Gasteiger partial charge in [-0.2, -0.15) is 8.42 Å². The normalized spacial score (nSPS) is 16.7. The summed E-state index contributed by atoms with van der Waals surface area (Å²) >= 11 is 6.59. The van der Waals surface area contributed by atoms with Crippen LogP contribution < -0.4 is 18.6 Å². The summed E-state index contributed by atoms with van der Waals surface area (Å²) < 4.78 is 42.0. The molecule has 0 spiro atoms. The molecular weight excluding hydrogens is 494 g/mol. The minimum Gasteiger partial charge on any atom is -0.486 e. The molecule has 0 radical (unpaired) electrons. The second-order valence-corrected chi connectivity index (χ2v) is 10.5. The second-order valence-electron chi connectivity index (χ2n) is 7.26. The van der Waals surface area contributed by atoms with Crippen LogP contribution in [0, 0.1) is 0 Å². The van der Waals surface area contributed by atoms with Gasteiger partial charge in [-0.1, -0.05) is 54.3 Å². The minimum absolute atomic E-state index is 0.0367. The zero-order valence-corrected chi connectivity index (χ0v) is 20.0. The molecule has 1 fully saturated rings. The Kier molecular flexibility index (Phi) is 6.03. The lowest BCUT2D eigenvalue weighted by Gasteiger charge is -2.18. The summed E-state index contributed by atoms with van der Waals surface area (Å²) in [5, 5.41) is 0. The molecule has 0 unspecified atom stereocenters. The van der Waals surface area contributed by atoms with E-state index in [9.17, 15) is 13.2 Å². The van der Waals surface area contributed by atoms with Crippen LogP contribution in [0.2, 0.25) is 0 Å². The Bertz CT molecular complexity index is 1400. The fourth-order valence-corrected chi connectivity index (χ4v) is 5.64. The number of amides is 1. The van der Waals surface area contributed by atoms with Crippen molar-refractivity contribution in [2.45, 2.75) is 4.90 Å². The Morgan fingerprint density at radius 1 is 0.941 bits per heavy atom. The van der Waals surface area contributed by atoms with E-state index in [-0.39, 0.29) is 16.6 Å². The molecule has 1 amide bonds. The molecule has 0 saturated carbocycles. The first-order valence-electron chi connectivity index (χ1n) is 10.2. The third kappa shape index (κ3) is 4.52. The van der Waals surface area contributed by atoms with Crippen LogP contribution in [-0.4, -0.2) is 31.9 Å². The molecule has 172 valence electrons. The number of anilines is 1. The van der Waals surface area contributed by atoms with Crippen molar-refractivity contribution < 1.29 is 26.9 Å². The molecule has 2 aliphatic rings. The summed E-state index contributed by atoms with van der Waals surface area (Å²) in [5.41, 5.74) is 1.42. The Hall–Kier alpha value is -3.34. The first kappa shape index (κ1) is 22.5. The van der Waals surface area contributed by atoms with Crippen LogP contribution in [-0.2, 0) is 14.9 Å². The van der Waals surface area contributed by atoms with Gasteiger partial charge in [-0.3, -0.25) is 9.69 Å². The summed E-state index contributed by atoms with van der Waals surface area (Å²) in [6, 6.07) is 19.9. The maximum absolute atomic E-state index is 12.9. The number of carbonyl (C=O) groups is 1. The standard InChI is InChI=1S/C24H17NO6S3/c26-23-22(33-24(32)25(23)17-4-2-1-3-5-17)14-16-6-8-18(9-7-16)31-34(27,28)19-10-11-20-21(15-19)30-13-12-29-20/h1-11,14-15H,12-13H2/b22-14-. The highest BCUT2D eigenvalue weighted by Gasteiger charge is 2.33. The van der Waals surface area contributed by atoms with Gasteiger partial charge in [0.25, 0.3) is 5.91 Å². The van der Waals surface area contributed by atoms with Crippen molar-refractivity contribution in [3.8, 4) is 17.2 Å². The van der Waals surface area contributed by atoms with Crippen molar-refractivity contribution in [3.63, 3.8) is 0 Å². The van der Waals surface area contributed by atoms with Crippen LogP contribution in [0.3, 0.4) is 0 Å². The van der Waals surface area contributed by atoms with Crippen molar-refractivity contribution in [1.29, 1.82) is 0 Å². The number of para-hydroxylation sites is 1. The molecule has 0 atom stereocenters. The van der Waals surface area contributed by atoms with Gasteiger partial charge >= 0.3 is 10.1 Å². The molecule has 7 nitrogen and oxygen atoms in total. The van der Waals surface area contributed by atoms with Crippen LogP contribution in [0.15, 0.2) is 82.6 Å². The molecule has 0 bridgehead atoms. The highest BCUT2D eigenvalue weighted by Crippen LogP contribution is 2.36. The lowest BCUT2D eigenvalue weighted by Crippen LogP contribution is -2.27. The number of rotatable bonds is 5. The van der Waals surface area contributed by atoms with E-state index >= 15 is 0 Å². The SMILES string of the molecule is O=C1/C(=C/c2ccc(OS(=O)(=O)c3ccc4c(c3)OCCO4)cc2)SC(=S)N1c1ccccc1. The maximum atomic E-state index is 12.9. The van der Waals surface area contributed by atoms with Gasteiger partial charge in [0.15, 0.2) is 15.8 Å². The van der Waals surface area contributed by atoms with Gasteiger partial charge in [0, 0.05) is 6.07 Å². The number of hydrogen-bond donors (Lipinski definition) is 0. The predicted molar refractivity (Wildman–Crippen MR) is 134 cm³/mol. The van der Waals surface area contributed by atoms with Gasteiger partial charge in [-0.15, -0.1) is 0 Å². The average Bonchev–Trinajstić information content (AvgIpc) is 3.12. The predicted octanol–water partition coefficient (Wildman–Crippen LogP) is 4.63. The van der Waals surface area contributed by atoms with E-state index < -0.39 is 10.1 Å². The molecule has 3 aromatic carbocycles. The molecule has 1 saturated heterocycles. The summed E-state index contributed by atoms with van der Waals surface area (Å²) in [6.45, 7) is 0.765. The van der Waals surface area contributed by atoms with E-state index in [2.05, 4.69) is 0 Å². The molecule has 5 rings (SSSR count). The van der Waals surface area contributed by atoms with Gasteiger partial charge in [0.05, 0.1) is 10.6 Å². The molecule has 2 aliphatic heterocycles. The first-order valence-corrected chi connectivity index (χ1v) is 12.8. The Labute approximate surface area is 206 Å². The lowest BCUT2D eigenvalue weighted by atomic mass is 10.2. The van der Waals surface area contributed by atoms with Crippen molar-refractivity contribution >= 4 is 56.1 Å². The topological polar surface area (TPSA) is 82.1 Å². The fraction of sp³-hybridized carbons (Fsp3) is 0.0833. The van der Waals surface area contributed by atoms with Crippen LogP contribution in [0.5, 0.6) is 17.2 Å². The summed E-state index contributed by atoms with van der Waals surface area (Å²) in [7, 11) is -4.07.